The summed E-state index contributed by atoms with van der Waals surface area (Å²) < 4.78 is 11.8. The van der Waals surface area contributed by atoms with Crippen LogP contribution in [0.15, 0.2) is 88.2 Å². The number of ether oxygens (including phenoxy) is 2. The quantitative estimate of drug-likeness (QED) is 0.168. The summed E-state index contributed by atoms with van der Waals surface area (Å²) >= 11 is 1.63. The largest absolute Gasteiger partial charge is 0.438 e. The van der Waals surface area contributed by atoms with Crippen molar-refractivity contribution < 1.29 is 14.3 Å². The highest BCUT2D eigenvalue weighted by atomic mass is 32.1. The molecule has 0 aliphatic carbocycles. The van der Waals surface area contributed by atoms with Crippen molar-refractivity contribution >= 4 is 28.5 Å². The molecule has 1 aromatic heterocycles. The van der Waals surface area contributed by atoms with Gasteiger partial charge in [0.2, 0.25) is 5.91 Å². The van der Waals surface area contributed by atoms with Gasteiger partial charge in [0.25, 0.3) is 0 Å². The molecule has 6 nitrogen and oxygen atoms in total. The second-order valence-electron chi connectivity index (χ2n) is 12.2. The highest BCUT2D eigenvalue weighted by molar-refractivity contribution is 7.11. The van der Waals surface area contributed by atoms with Crippen molar-refractivity contribution in [3.8, 4) is 17.6 Å². The number of aryl methyl sites for hydroxylation is 1. The lowest BCUT2D eigenvalue weighted by Gasteiger charge is -2.32. The zero-order valence-corrected chi connectivity index (χ0v) is 28.5. The number of carbonyl (C=O) groups excluding carboxylic acids is 1. The van der Waals surface area contributed by atoms with Crippen LogP contribution in [0.4, 0.5) is 0 Å². The summed E-state index contributed by atoms with van der Waals surface area (Å²) in [5.74, 6) is 8.35. The van der Waals surface area contributed by atoms with Crippen molar-refractivity contribution in [3.63, 3.8) is 0 Å². The number of nitrogens with zero attached hydrogens (tertiary/aromatic N) is 3. The monoisotopic (exact) mass is 635 g/mol. The third-order valence-corrected chi connectivity index (χ3v) is 9.34. The lowest BCUT2D eigenvalue weighted by atomic mass is 10.0. The van der Waals surface area contributed by atoms with Gasteiger partial charge in [0.05, 0.1) is 23.7 Å². The van der Waals surface area contributed by atoms with Crippen molar-refractivity contribution in [2.45, 2.75) is 58.8 Å². The van der Waals surface area contributed by atoms with E-state index in [-0.39, 0.29) is 5.91 Å². The van der Waals surface area contributed by atoms with Gasteiger partial charge in [-0.2, -0.15) is 0 Å². The van der Waals surface area contributed by atoms with E-state index in [0.717, 1.165) is 114 Å². The molecule has 5 rings (SSSR count). The van der Waals surface area contributed by atoms with Gasteiger partial charge in [-0.3, -0.25) is 9.79 Å². The first-order valence-electron chi connectivity index (χ1n) is 16.3. The maximum Gasteiger partial charge on any atom is 0.248 e. The first-order chi connectivity index (χ1) is 22.3. The third kappa shape index (κ3) is 8.78. The Labute approximate surface area is 278 Å². The minimum absolute atomic E-state index is 0.0301. The van der Waals surface area contributed by atoms with Crippen molar-refractivity contribution in [1.29, 1.82) is 0 Å². The molecule has 0 atom stereocenters. The van der Waals surface area contributed by atoms with Gasteiger partial charge in [-0.15, -0.1) is 11.3 Å². The van der Waals surface area contributed by atoms with E-state index in [9.17, 15) is 4.79 Å². The number of fused-ring (bicyclic) bond motifs is 1. The number of benzene rings is 1. The fourth-order valence-corrected chi connectivity index (χ4v) is 6.53. The maximum absolute atomic E-state index is 12.4. The minimum atomic E-state index is 0.0301. The van der Waals surface area contributed by atoms with Crippen molar-refractivity contribution in [2.24, 2.45) is 4.99 Å². The molecule has 0 bridgehead atoms. The van der Waals surface area contributed by atoms with Crippen LogP contribution in [0.5, 0.6) is 5.75 Å². The molecule has 2 aromatic rings. The molecule has 1 saturated heterocycles. The van der Waals surface area contributed by atoms with Gasteiger partial charge in [0.1, 0.15) is 0 Å². The van der Waals surface area contributed by atoms with E-state index in [0.29, 0.717) is 13.2 Å². The van der Waals surface area contributed by atoms with Crippen molar-refractivity contribution in [3.05, 3.63) is 105 Å². The van der Waals surface area contributed by atoms with E-state index in [2.05, 4.69) is 72.0 Å². The number of morpholine rings is 1. The lowest BCUT2D eigenvalue weighted by molar-refractivity contribution is -0.124. The fourth-order valence-electron chi connectivity index (χ4n) is 5.66. The standard InChI is InChI=1S/C39H45N3O3S/c1-28-26-36(42-21-23-44-24-22-42)45-37-34(27-46-38(28)37)20-19-32-17-15-31(16-18-32)11-9-10-14-35-13-8-6-7-12-33(30(3)40-35)25-29(2)39(43)41(4)5/h12-13,15-18,25-27H,1,6-11,14,21-24H2,2-5H3/b29-25+,33-12-,35-13+,40-30-. The van der Waals surface area contributed by atoms with Gasteiger partial charge in [0, 0.05) is 61.2 Å². The van der Waals surface area contributed by atoms with Crippen LogP contribution in [0.3, 0.4) is 0 Å². The Balaban J connectivity index is 1.14. The molecular formula is C39H45N3O3S. The van der Waals surface area contributed by atoms with Crippen molar-refractivity contribution in [2.75, 3.05) is 40.4 Å². The summed E-state index contributed by atoms with van der Waals surface area (Å²) in [7, 11) is 3.57. The zero-order chi connectivity index (χ0) is 32.5. The predicted octanol–water partition coefficient (Wildman–Crippen LogP) is 7.93. The summed E-state index contributed by atoms with van der Waals surface area (Å²) in [6.07, 6.45) is 15.8. The van der Waals surface area contributed by atoms with Gasteiger partial charge in [-0.1, -0.05) is 42.7 Å². The number of aliphatic imine (C=N–C) groups is 1. The molecule has 46 heavy (non-hydrogen) atoms. The number of hydrogen-bond acceptors (Lipinski definition) is 6. The highest BCUT2D eigenvalue weighted by Gasteiger charge is 2.25. The number of unbranched alkanes of at least 4 members (excludes halogenated alkanes) is 1. The van der Waals surface area contributed by atoms with Crippen LogP contribution in [-0.4, -0.2) is 61.8 Å². The summed E-state index contributed by atoms with van der Waals surface area (Å²) in [4.78, 5) is 22.2. The molecule has 3 aliphatic heterocycles. The summed E-state index contributed by atoms with van der Waals surface area (Å²) in [5, 5.41) is 2.06. The van der Waals surface area contributed by atoms with Gasteiger partial charge in [-0.25, -0.2) is 0 Å². The van der Waals surface area contributed by atoms with E-state index in [1.807, 2.05) is 19.1 Å². The molecule has 1 amide bonds. The first kappa shape index (κ1) is 33.2. The van der Waals surface area contributed by atoms with Crippen LogP contribution in [0.1, 0.15) is 73.9 Å². The lowest BCUT2D eigenvalue weighted by Crippen LogP contribution is -2.37. The fraction of sp³-hybridized carbons (Fsp3) is 0.385. The van der Waals surface area contributed by atoms with E-state index in [1.54, 1.807) is 30.3 Å². The second-order valence-corrected chi connectivity index (χ2v) is 13.1. The Morgan fingerprint density at radius 3 is 2.59 bits per heavy atom. The number of allylic oxidation sites excluding steroid dienone is 7. The molecule has 0 unspecified atom stereocenters. The molecule has 0 saturated carbocycles. The van der Waals surface area contributed by atoms with Crippen LogP contribution in [-0.2, 0) is 16.0 Å². The average Bonchev–Trinajstić information content (AvgIpc) is 3.51. The van der Waals surface area contributed by atoms with Crippen LogP contribution < -0.4 is 4.74 Å². The Morgan fingerprint density at radius 1 is 1.09 bits per heavy atom. The van der Waals surface area contributed by atoms with E-state index in [1.165, 1.54) is 5.56 Å². The molecule has 7 heteroatoms. The molecule has 1 aromatic carbocycles. The Kier molecular flexibility index (Phi) is 11.5. The molecular weight excluding hydrogens is 591 g/mol. The highest BCUT2D eigenvalue weighted by Crippen LogP contribution is 2.41. The number of carbonyl (C=O) groups is 1. The molecule has 1 fully saturated rings. The number of thiophene rings is 1. The smallest absolute Gasteiger partial charge is 0.248 e. The van der Waals surface area contributed by atoms with Gasteiger partial charge < -0.3 is 19.3 Å². The molecule has 0 radical (unpaired) electrons. The zero-order valence-electron chi connectivity index (χ0n) is 27.7. The Bertz CT molecular complexity index is 1650. The van der Waals surface area contributed by atoms with Crippen LogP contribution >= 0.6 is 11.3 Å². The SMILES string of the molecule is C=C1C=C(N2CCOCC2)Oc2c(C#Cc3ccc(CCCCC4=C/CCC/C=C(/C=C(\C)C(=O)N(C)C)C(\C)=N/4)cc3)csc21. The normalized spacial score (nSPS) is 20.5. The van der Waals surface area contributed by atoms with Gasteiger partial charge in [0.15, 0.2) is 11.6 Å². The van der Waals surface area contributed by atoms with Gasteiger partial charge in [-0.05, 0) is 93.7 Å². The molecule has 4 heterocycles. The second kappa shape index (κ2) is 15.9. The number of amides is 1. The Hall–Kier alpha value is -4.12. The number of likely N-dealkylation sites (N-methyl/N-ethyl adjacent to an activating group) is 1. The minimum Gasteiger partial charge on any atom is -0.438 e. The van der Waals surface area contributed by atoms with Crippen LogP contribution in [0, 0.1) is 11.8 Å². The molecule has 3 aliphatic rings. The molecule has 0 spiro atoms. The molecule has 240 valence electrons. The summed E-state index contributed by atoms with van der Waals surface area (Å²) in [5.41, 5.74) is 8.08. The van der Waals surface area contributed by atoms with E-state index >= 15 is 0 Å². The first-order valence-corrected chi connectivity index (χ1v) is 17.1. The van der Waals surface area contributed by atoms with Gasteiger partial charge >= 0.3 is 0 Å². The topological polar surface area (TPSA) is 54.4 Å². The summed E-state index contributed by atoms with van der Waals surface area (Å²) in [6, 6.07) is 8.60. The number of hydrogen-bond donors (Lipinski definition) is 0. The summed E-state index contributed by atoms with van der Waals surface area (Å²) in [6.45, 7) is 11.2. The molecule has 0 N–H and O–H groups in total. The average molecular weight is 636 g/mol. The predicted molar refractivity (Wildman–Crippen MR) is 190 cm³/mol. The van der Waals surface area contributed by atoms with Crippen molar-refractivity contribution in [1.82, 2.24) is 9.80 Å². The third-order valence-electron chi connectivity index (χ3n) is 8.31. The Morgan fingerprint density at radius 2 is 1.83 bits per heavy atom. The van der Waals surface area contributed by atoms with Crippen LogP contribution in [0.2, 0.25) is 0 Å². The maximum atomic E-state index is 12.4. The van der Waals surface area contributed by atoms with Crippen LogP contribution in [0.25, 0.3) is 5.57 Å². The number of rotatable bonds is 8. The van der Waals surface area contributed by atoms with E-state index in [4.69, 9.17) is 14.5 Å². The van der Waals surface area contributed by atoms with E-state index < -0.39 is 0 Å².